The molecule has 0 heterocycles. The molecule has 0 fully saturated rings. The van der Waals surface area contributed by atoms with E-state index in [1.807, 2.05) is 19.9 Å². The van der Waals surface area contributed by atoms with Gasteiger partial charge >= 0.3 is 0 Å². The topological polar surface area (TPSA) is 32.7 Å². The summed E-state index contributed by atoms with van der Waals surface area (Å²) in [6.45, 7) is 10.9. The summed E-state index contributed by atoms with van der Waals surface area (Å²) in [7, 11) is 0. The van der Waals surface area contributed by atoms with Crippen LogP contribution in [0.2, 0.25) is 0 Å². The molecule has 0 aliphatic carbocycles. The first kappa shape index (κ1) is 12.6. The standard InChI is InChI=1S/C10H21NO2/c1-4-5-11(6-8-12)7-9-13-10(2)3/h4,10,12H,1,5-9H2,2-3H3. The van der Waals surface area contributed by atoms with Crippen molar-refractivity contribution in [2.45, 2.75) is 20.0 Å². The predicted molar refractivity (Wildman–Crippen MR) is 54.8 cm³/mol. The third-order valence-electron chi connectivity index (χ3n) is 1.66. The van der Waals surface area contributed by atoms with Crippen molar-refractivity contribution in [1.29, 1.82) is 0 Å². The highest BCUT2D eigenvalue weighted by molar-refractivity contribution is 4.73. The third-order valence-corrected chi connectivity index (χ3v) is 1.66. The van der Waals surface area contributed by atoms with E-state index in [1.54, 1.807) is 0 Å². The van der Waals surface area contributed by atoms with E-state index in [0.717, 1.165) is 13.1 Å². The first-order valence-corrected chi connectivity index (χ1v) is 4.76. The maximum absolute atomic E-state index is 8.76. The molecule has 0 aromatic heterocycles. The van der Waals surface area contributed by atoms with Crippen LogP contribution in [0, 0.1) is 0 Å². The van der Waals surface area contributed by atoms with E-state index in [0.29, 0.717) is 13.2 Å². The summed E-state index contributed by atoms with van der Waals surface area (Å²) < 4.78 is 5.41. The lowest BCUT2D eigenvalue weighted by Gasteiger charge is -2.19. The molecule has 0 bridgehead atoms. The number of hydrogen-bond donors (Lipinski definition) is 1. The van der Waals surface area contributed by atoms with Crippen LogP contribution in [0.1, 0.15) is 13.8 Å². The smallest absolute Gasteiger partial charge is 0.0597 e. The molecule has 0 rings (SSSR count). The second-order valence-corrected chi connectivity index (χ2v) is 3.23. The Morgan fingerprint density at radius 2 is 2.15 bits per heavy atom. The van der Waals surface area contributed by atoms with Gasteiger partial charge in [0.2, 0.25) is 0 Å². The van der Waals surface area contributed by atoms with Gasteiger partial charge in [-0.2, -0.15) is 0 Å². The minimum absolute atomic E-state index is 0.190. The molecule has 1 N–H and O–H groups in total. The summed E-state index contributed by atoms with van der Waals surface area (Å²) in [5.41, 5.74) is 0. The van der Waals surface area contributed by atoms with Crippen LogP contribution >= 0.6 is 0 Å². The highest BCUT2D eigenvalue weighted by atomic mass is 16.5. The molecular weight excluding hydrogens is 166 g/mol. The molecule has 0 radical (unpaired) electrons. The molecule has 0 aliphatic heterocycles. The number of nitrogens with zero attached hydrogens (tertiary/aromatic N) is 1. The lowest BCUT2D eigenvalue weighted by atomic mass is 10.4. The molecule has 0 saturated carbocycles. The number of aliphatic hydroxyl groups excluding tert-OH is 1. The summed E-state index contributed by atoms with van der Waals surface area (Å²) in [4.78, 5) is 2.11. The van der Waals surface area contributed by atoms with Gasteiger partial charge in [0, 0.05) is 19.6 Å². The van der Waals surface area contributed by atoms with Crippen molar-refractivity contribution in [2.75, 3.05) is 32.8 Å². The predicted octanol–water partition coefficient (Wildman–Crippen LogP) is 0.892. The third kappa shape index (κ3) is 7.96. The zero-order valence-electron chi connectivity index (χ0n) is 8.70. The molecule has 0 unspecified atom stereocenters. The van der Waals surface area contributed by atoms with E-state index >= 15 is 0 Å². The molecule has 0 spiro atoms. The van der Waals surface area contributed by atoms with Crippen molar-refractivity contribution in [1.82, 2.24) is 4.90 Å². The Morgan fingerprint density at radius 3 is 2.62 bits per heavy atom. The second-order valence-electron chi connectivity index (χ2n) is 3.23. The van der Waals surface area contributed by atoms with Crippen molar-refractivity contribution in [3.8, 4) is 0 Å². The van der Waals surface area contributed by atoms with Crippen molar-refractivity contribution in [3.05, 3.63) is 12.7 Å². The van der Waals surface area contributed by atoms with Crippen LogP contribution in [0.4, 0.5) is 0 Å². The molecular formula is C10H21NO2. The number of ether oxygens (including phenoxy) is 1. The van der Waals surface area contributed by atoms with Crippen LogP contribution in [0.3, 0.4) is 0 Å². The van der Waals surface area contributed by atoms with E-state index in [4.69, 9.17) is 9.84 Å². The Labute approximate surface area is 81.0 Å². The molecule has 13 heavy (non-hydrogen) atoms. The van der Waals surface area contributed by atoms with Gasteiger partial charge in [0.05, 0.1) is 19.3 Å². The Bertz CT molecular complexity index is 126. The number of aliphatic hydroxyl groups is 1. The molecule has 78 valence electrons. The lowest BCUT2D eigenvalue weighted by Crippen LogP contribution is -2.31. The summed E-state index contributed by atoms with van der Waals surface area (Å²) in [6, 6.07) is 0. The monoisotopic (exact) mass is 187 g/mol. The summed E-state index contributed by atoms with van der Waals surface area (Å²) >= 11 is 0. The van der Waals surface area contributed by atoms with E-state index < -0.39 is 0 Å². The first-order valence-electron chi connectivity index (χ1n) is 4.76. The quantitative estimate of drug-likeness (QED) is 0.573. The van der Waals surface area contributed by atoms with Gasteiger partial charge in [-0.3, -0.25) is 4.90 Å². The normalized spacial score (nSPS) is 11.2. The van der Waals surface area contributed by atoms with E-state index in [-0.39, 0.29) is 12.7 Å². The fourth-order valence-electron chi connectivity index (χ4n) is 1.04. The second kappa shape index (κ2) is 8.23. The maximum Gasteiger partial charge on any atom is 0.0597 e. The van der Waals surface area contributed by atoms with Gasteiger partial charge in [0.1, 0.15) is 0 Å². The molecule has 3 nitrogen and oxygen atoms in total. The van der Waals surface area contributed by atoms with Crippen molar-refractivity contribution in [2.24, 2.45) is 0 Å². The fourth-order valence-corrected chi connectivity index (χ4v) is 1.04. The lowest BCUT2D eigenvalue weighted by molar-refractivity contribution is 0.0579. The zero-order valence-corrected chi connectivity index (χ0v) is 8.70. The average Bonchev–Trinajstić information content (AvgIpc) is 2.04. The van der Waals surface area contributed by atoms with Crippen molar-refractivity contribution >= 4 is 0 Å². The minimum Gasteiger partial charge on any atom is -0.395 e. The van der Waals surface area contributed by atoms with Gasteiger partial charge in [-0.15, -0.1) is 6.58 Å². The maximum atomic E-state index is 8.76. The Kier molecular flexibility index (Phi) is 7.99. The number of hydrogen-bond acceptors (Lipinski definition) is 3. The van der Waals surface area contributed by atoms with Crippen molar-refractivity contribution < 1.29 is 9.84 Å². The largest absolute Gasteiger partial charge is 0.395 e. The fraction of sp³-hybridized carbons (Fsp3) is 0.800. The van der Waals surface area contributed by atoms with Gasteiger partial charge in [-0.05, 0) is 13.8 Å². The minimum atomic E-state index is 0.190. The summed E-state index contributed by atoms with van der Waals surface area (Å²) in [5.74, 6) is 0. The highest BCUT2D eigenvalue weighted by Gasteiger charge is 2.01. The summed E-state index contributed by atoms with van der Waals surface area (Å²) in [6.07, 6.45) is 2.12. The molecule has 0 atom stereocenters. The van der Waals surface area contributed by atoms with Crippen LogP contribution in [-0.2, 0) is 4.74 Å². The Morgan fingerprint density at radius 1 is 1.46 bits per heavy atom. The van der Waals surface area contributed by atoms with Crippen LogP contribution in [0.25, 0.3) is 0 Å². The van der Waals surface area contributed by atoms with Crippen LogP contribution in [0.15, 0.2) is 12.7 Å². The van der Waals surface area contributed by atoms with Gasteiger partial charge in [-0.25, -0.2) is 0 Å². The zero-order chi connectivity index (χ0) is 10.1. The van der Waals surface area contributed by atoms with Gasteiger partial charge in [0.25, 0.3) is 0 Å². The SMILES string of the molecule is C=CCN(CCO)CCOC(C)C. The molecule has 0 amide bonds. The molecule has 0 aromatic carbocycles. The molecule has 0 aromatic rings. The molecule has 0 saturated heterocycles. The van der Waals surface area contributed by atoms with Crippen LogP contribution in [0.5, 0.6) is 0 Å². The van der Waals surface area contributed by atoms with Crippen molar-refractivity contribution in [3.63, 3.8) is 0 Å². The van der Waals surface area contributed by atoms with E-state index in [1.165, 1.54) is 0 Å². The van der Waals surface area contributed by atoms with Crippen LogP contribution in [-0.4, -0.2) is 49.0 Å². The van der Waals surface area contributed by atoms with E-state index in [9.17, 15) is 0 Å². The number of rotatable bonds is 8. The van der Waals surface area contributed by atoms with E-state index in [2.05, 4.69) is 11.5 Å². The van der Waals surface area contributed by atoms with Crippen LogP contribution < -0.4 is 0 Å². The highest BCUT2D eigenvalue weighted by Crippen LogP contribution is 1.91. The Balaban J connectivity index is 3.49. The van der Waals surface area contributed by atoms with Gasteiger partial charge in [0.15, 0.2) is 0 Å². The average molecular weight is 187 g/mol. The van der Waals surface area contributed by atoms with Gasteiger partial charge in [-0.1, -0.05) is 6.08 Å². The molecule has 3 heteroatoms. The summed E-state index contributed by atoms with van der Waals surface area (Å²) in [5, 5.41) is 8.76. The first-order chi connectivity index (χ1) is 6.20. The molecule has 0 aliphatic rings. The Hall–Kier alpha value is -0.380. The van der Waals surface area contributed by atoms with Gasteiger partial charge < -0.3 is 9.84 Å².